The lowest BCUT2D eigenvalue weighted by molar-refractivity contribution is 0.0322. The standard InChI is InChI=1S/C11H23NO/c1-9(2)10-4-3-6-11(13,8-12)7-5-10/h9-10,13H,3-8,12H2,1-2H3. The Morgan fingerprint density at radius 2 is 2.08 bits per heavy atom. The van der Waals surface area contributed by atoms with Crippen LogP contribution in [0.4, 0.5) is 0 Å². The predicted octanol–water partition coefficient (Wildman–Crippen LogP) is 1.91. The quantitative estimate of drug-likeness (QED) is 0.646. The van der Waals surface area contributed by atoms with Gasteiger partial charge in [-0.3, -0.25) is 0 Å². The Morgan fingerprint density at radius 1 is 1.38 bits per heavy atom. The maximum Gasteiger partial charge on any atom is 0.0769 e. The van der Waals surface area contributed by atoms with E-state index in [1.165, 1.54) is 6.42 Å². The summed E-state index contributed by atoms with van der Waals surface area (Å²) in [4.78, 5) is 0. The smallest absolute Gasteiger partial charge is 0.0769 e. The van der Waals surface area contributed by atoms with Crippen molar-refractivity contribution in [1.82, 2.24) is 0 Å². The SMILES string of the molecule is CC(C)C1CCCC(O)(CN)CC1. The summed E-state index contributed by atoms with van der Waals surface area (Å²) >= 11 is 0. The molecule has 0 bridgehead atoms. The van der Waals surface area contributed by atoms with E-state index < -0.39 is 5.60 Å². The van der Waals surface area contributed by atoms with Gasteiger partial charge in [-0.2, -0.15) is 0 Å². The molecule has 2 heteroatoms. The third-order valence-corrected chi connectivity index (χ3v) is 3.52. The predicted molar refractivity (Wildman–Crippen MR) is 55.4 cm³/mol. The van der Waals surface area contributed by atoms with Crippen molar-refractivity contribution in [2.75, 3.05) is 6.54 Å². The molecule has 0 aromatic carbocycles. The molecule has 78 valence electrons. The summed E-state index contributed by atoms with van der Waals surface area (Å²) in [6.45, 7) is 4.98. The fourth-order valence-corrected chi connectivity index (χ4v) is 2.29. The van der Waals surface area contributed by atoms with E-state index in [0.717, 1.165) is 37.5 Å². The highest BCUT2D eigenvalue weighted by atomic mass is 16.3. The normalized spacial score (nSPS) is 36.2. The van der Waals surface area contributed by atoms with Crippen molar-refractivity contribution in [2.24, 2.45) is 17.6 Å². The first kappa shape index (κ1) is 11.0. The molecule has 1 aliphatic carbocycles. The van der Waals surface area contributed by atoms with Crippen molar-refractivity contribution in [2.45, 2.75) is 51.6 Å². The topological polar surface area (TPSA) is 46.2 Å². The second kappa shape index (κ2) is 4.43. The van der Waals surface area contributed by atoms with Crippen LogP contribution in [0.15, 0.2) is 0 Å². The van der Waals surface area contributed by atoms with Gasteiger partial charge in [0, 0.05) is 6.54 Å². The van der Waals surface area contributed by atoms with Gasteiger partial charge in [0.05, 0.1) is 5.60 Å². The summed E-state index contributed by atoms with van der Waals surface area (Å²) < 4.78 is 0. The fraction of sp³-hybridized carbons (Fsp3) is 1.00. The van der Waals surface area contributed by atoms with Crippen LogP contribution in [0.1, 0.15) is 46.0 Å². The summed E-state index contributed by atoms with van der Waals surface area (Å²) in [6.07, 6.45) is 5.33. The highest BCUT2D eigenvalue weighted by Crippen LogP contribution is 2.33. The molecule has 0 heterocycles. The van der Waals surface area contributed by atoms with Crippen LogP contribution in [0.5, 0.6) is 0 Å². The molecule has 0 radical (unpaired) electrons. The van der Waals surface area contributed by atoms with Crippen molar-refractivity contribution >= 4 is 0 Å². The van der Waals surface area contributed by atoms with Gasteiger partial charge in [0.15, 0.2) is 0 Å². The molecule has 3 N–H and O–H groups in total. The van der Waals surface area contributed by atoms with Crippen molar-refractivity contribution < 1.29 is 5.11 Å². The Kier molecular flexibility index (Phi) is 3.74. The molecule has 0 aromatic heterocycles. The van der Waals surface area contributed by atoms with Crippen LogP contribution in [0.3, 0.4) is 0 Å². The monoisotopic (exact) mass is 185 g/mol. The van der Waals surface area contributed by atoms with Crippen molar-refractivity contribution in [3.63, 3.8) is 0 Å². The molecular formula is C11H23NO. The van der Waals surface area contributed by atoms with E-state index in [0.29, 0.717) is 6.54 Å². The van der Waals surface area contributed by atoms with Gasteiger partial charge < -0.3 is 10.8 Å². The van der Waals surface area contributed by atoms with Crippen LogP contribution in [0, 0.1) is 11.8 Å². The van der Waals surface area contributed by atoms with Crippen LogP contribution < -0.4 is 5.73 Å². The highest BCUT2D eigenvalue weighted by Gasteiger charge is 2.30. The molecular weight excluding hydrogens is 162 g/mol. The van der Waals surface area contributed by atoms with Crippen LogP contribution in [-0.4, -0.2) is 17.3 Å². The van der Waals surface area contributed by atoms with E-state index in [1.54, 1.807) is 0 Å². The zero-order valence-electron chi connectivity index (χ0n) is 8.92. The van der Waals surface area contributed by atoms with Gasteiger partial charge in [-0.05, 0) is 31.1 Å². The van der Waals surface area contributed by atoms with E-state index in [2.05, 4.69) is 13.8 Å². The second-order valence-electron chi connectivity index (χ2n) is 4.86. The Labute approximate surface area is 81.5 Å². The summed E-state index contributed by atoms with van der Waals surface area (Å²) in [5, 5.41) is 10.0. The molecule has 1 fully saturated rings. The Balaban J connectivity index is 2.48. The van der Waals surface area contributed by atoms with Gasteiger partial charge in [0.25, 0.3) is 0 Å². The molecule has 1 rings (SSSR count). The minimum atomic E-state index is -0.552. The first-order valence-electron chi connectivity index (χ1n) is 5.50. The van der Waals surface area contributed by atoms with Gasteiger partial charge in [0.1, 0.15) is 0 Å². The van der Waals surface area contributed by atoms with E-state index in [1.807, 2.05) is 0 Å². The average Bonchev–Trinajstić information content (AvgIpc) is 2.28. The van der Waals surface area contributed by atoms with Gasteiger partial charge >= 0.3 is 0 Å². The molecule has 2 atom stereocenters. The van der Waals surface area contributed by atoms with Gasteiger partial charge in [-0.15, -0.1) is 0 Å². The van der Waals surface area contributed by atoms with Gasteiger partial charge in [-0.1, -0.05) is 26.7 Å². The van der Waals surface area contributed by atoms with E-state index in [-0.39, 0.29) is 0 Å². The highest BCUT2D eigenvalue weighted by molar-refractivity contribution is 4.84. The Morgan fingerprint density at radius 3 is 2.62 bits per heavy atom. The van der Waals surface area contributed by atoms with Crippen LogP contribution >= 0.6 is 0 Å². The molecule has 0 spiro atoms. The lowest BCUT2D eigenvalue weighted by atomic mass is 9.88. The number of hydrogen-bond acceptors (Lipinski definition) is 2. The zero-order chi connectivity index (χ0) is 9.90. The fourth-order valence-electron chi connectivity index (χ4n) is 2.29. The molecule has 1 saturated carbocycles. The van der Waals surface area contributed by atoms with Gasteiger partial charge in [0.2, 0.25) is 0 Å². The average molecular weight is 185 g/mol. The zero-order valence-corrected chi connectivity index (χ0v) is 8.92. The first-order valence-corrected chi connectivity index (χ1v) is 5.50. The summed E-state index contributed by atoms with van der Waals surface area (Å²) in [7, 11) is 0. The molecule has 2 unspecified atom stereocenters. The van der Waals surface area contributed by atoms with Crippen LogP contribution in [0.25, 0.3) is 0 Å². The molecule has 0 amide bonds. The minimum Gasteiger partial charge on any atom is -0.389 e. The lowest BCUT2D eigenvalue weighted by Gasteiger charge is -2.24. The largest absolute Gasteiger partial charge is 0.389 e. The first-order chi connectivity index (χ1) is 6.07. The molecule has 0 aromatic rings. The van der Waals surface area contributed by atoms with Crippen molar-refractivity contribution in [3.8, 4) is 0 Å². The molecule has 0 aliphatic heterocycles. The molecule has 13 heavy (non-hydrogen) atoms. The van der Waals surface area contributed by atoms with E-state index in [4.69, 9.17) is 5.73 Å². The van der Waals surface area contributed by atoms with Crippen LogP contribution in [0.2, 0.25) is 0 Å². The minimum absolute atomic E-state index is 0.428. The van der Waals surface area contributed by atoms with Gasteiger partial charge in [-0.25, -0.2) is 0 Å². The molecule has 1 aliphatic rings. The van der Waals surface area contributed by atoms with Crippen molar-refractivity contribution in [1.29, 1.82) is 0 Å². The Bertz CT molecular complexity index is 158. The number of nitrogens with two attached hydrogens (primary N) is 1. The summed E-state index contributed by atoms with van der Waals surface area (Å²) in [5.74, 6) is 1.54. The van der Waals surface area contributed by atoms with Crippen LogP contribution in [-0.2, 0) is 0 Å². The van der Waals surface area contributed by atoms with E-state index in [9.17, 15) is 5.11 Å². The Hall–Kier alpha value is -0.0800. The third-order valence-electron chi connectivity index (χ3n) is 3.52. The molecule has 0 saturated heterocycles. The van der Waals surface area contributed by atoms with Crippen molar-refractivity contribution in [3.05, 3.63) is 0 Å². The second-order valence-corrected chi connectivity index (χ2v) is 4.86. The maximum atomic E-state index is 10.0. The third kappa shape index (κ3) is 2.96. The van der Waals surface area contributed by atoms with E-state index >= 15 is 0 Å². The number of aliphatic hydroxyl groups is 1. The summed E-state index contributed by atoms with van der Waals surface area (Å²) in [5.41, 5.74) is 5.03. The number of hydrogen-bond donors (Lipinski definition) is 2. The lowest BCUT2D eigenvalue weighted by Crippen LogP contribution is -2.37. The maximum absolute atomic E-state index is 10.0. The number of rotatable bonds is 2. The summed E-state index contributed by atoms with van der Waals surface area (Å²) in [6, 6.07) is 0. The molecule has 2 nitrogen and oxygen atoms in total.